The molecular formula is C15H11NO5S. The average molecular weight is 317 g/mol. The minimum atomic E-state index is -4.29. The van der Waals surface area contributed by atoms with Gasteiger partial charge in [-0.15, -0.1) is 0 Å². The Kier molecular flexibility index (Phi) is 4.50. The summed E-state index contributed by atoms with van der Waals surface area (Å²) in [7, 11) is -3.16. The van der Waals surface area contributed by atoms with Crippen LogP contribution in [0, 0.1) is 0 Å². The number of esters is 1. The second kappa shape index (κ2) is 6.34. The molecule has 0 atom stereocenters. The summed E-state index contributed by atoms with van der Waals surface area (Å²) < 4.78 is 31.1. The van der Waals surface area contributed by atoms with E-state index in [1.165, 1.54) is 18.2 Å². The molecule has 22 heavy (non-hydrogen) atoms. The van der Waals surface area contributed by atoms with Crippen molar-refractivity contribution in [3.63, 3.8) is 0 Å². The van der Waals surface area contributed by atoms with Crippen molar-refractivity contribution in [2.24, 2.45) is 4.40 Å². The summed E-state index contributed by atoms with van der Waals surface area (Å²) in [6.45, 7) is 0. The minimum absolute atomic E-state index is 0.192. The van der Waals surface area contributed by atoms with E-state index in [2.05, 4.69) is 9.13 Å². The van der Waals surface area contributed by atoms with Crippen molar-refractivity contribution in [2.45, 2.75) is 4.90 Å². The van der Waals surface area contributed by atoms with Crippen LogP contribution in [-0.2, 0) is 19.6 Å². The topological polar surface area (TPSA) is 89.9 Å². The number of hydrogen-bond acceptors (Lipinski definition) is 5. The van der Waals surface area contributed by atoms with E-state index < -0.39 is 20.9 Å². The van der Waals surface area contributed by atoms with E-state index in [0.29, 0.717) is 5.56 Å². The maximum absolute atomic E-state index is 11.9. The van der Waals surface area contributed by atoms with Crippen molar-refractivity contribution in [2.75, 3.05) is 7.11 Å². The van der Waals surface area contributed by atoms with E-state index in [1.807, 2.05) is 30.3 Å². The highest BCUT2D eigenvalue weighted by molar-refractivity contribution is 7.90. The summed E-state index contributed by atoms with van der Waals surface area (Å²) in [5, 5.41) is 0. The Balaban J connectivity index is 2.68. The summed E-state index contributed by atoms with van der Waals surface area (Å²) >= 11 is 0. The first-order valence-electron chi connectivity index (χ1n) is 6.11. The third-order valence-corrected chi connectivity index (χ3v) is 4.15. The molecule has 0 aliphatic rings. The molecule has 0 saturated heterocycles. The fourth-order valence-corrected chi connectivity index (χ4v) is 2.79. The van der Waals surface area contributed by atoms with Gasteiger partial charge in [0.1, 0.15) is 4.90 Å². The number of ether oxygens (including phenoxy) is 1. The monoisotopic (exact) mass is 317 g/mol. The zero-order chi connectivity index (χ0) is 16.2. The Morgan fingerprint density at radius 2 is 1.77 bits per heavy atom. The van der Waals surface area contributed by atoms with Gasteiger partial charge < -0.3 is 4.74 Å². The van der Waals surface area contributed by atoms with Crippen LogP contribution < -0.4 is 0 Å². The molecule has 0 aliphatic carbocycles. The van der Waals surface area contributed by atoms with Crippen LogP contribution in [0.15, 0.2) is 57.8 Å². The van der Waals surface area contributed by atoms with Crippen LogP contribution in [0.2, 0.25) is 0 Å². The van der Waals surface area contributed by atoms with Gasteiger partial charge in [-0.1, -0.05) is 40.8 Å². The molecule has 0 N–H and O–H groups in total. The lowest BCUT2D eigenvalue weighted by molar-refractivity contribution is 0.0596. The SMILES string of the molecule is COC(=O)c1cc(-c2ccccc2)ccc1S(=O)(=O)N=C=O. The van der Waals surface area contributed by atoms with Gasteiger partial charge in [0.05, 0.1) is 12.7 Å². The smallest absolute Gasteiger partial charge is 0.339 e. The van der Waals surface area contributed by atoms with Crippen LogP contribution in [0.25, 0.3) is 11.1 Å². The summed E-state index contributed by atoms with van der Waals surface area (Å²) in [5.41, 5.74) is 1.24. The first-order valence-corrected chi connectivity index (χ1v) is 7.55. The second-order valence-corrected chi connectivity index (χ2v) is 5.80. The molecule has 6 nitrogen and oxygen atoms in total. The van der Waals surface area contributed by atoms with Crippen molar-refractivity contribution in [3.05, 3.63) is 54.1 Å². The Labute approximate surface area is 127 Å². The molecule has 0 aromatic heterocycles. The fraction of sp³-hybridized carbons (Fsp3) is 0.0667. The molecule has 0 spiro atoms. The van der Waals surface area contributed by atoms with Gasteiger partial charge in [-0.25, -0.2) is 9.59 Å². The molecule has 0 heterocycles. The number of benzene rings is 2. The van der Waals surface area contributed by atoms with Crippen molar-refractivity contribution >= 4 is 22.1 Å². The van der Waals surface area contributed by atoms with Crippen molar-refractivity contribution in [1.82, 2.24) is 0 Å². The summed E-state index contributed by atoms with van der Waals surface area (Å²) in [6, 6.07) is 13.2. The van der Waals surface area contributed by atoms with E-state index >= 15 is 0 Å². The number of carbonyl (C=O) groups is 1. The number of methoxy groups -OCH3 is 1. The van der Waals surface area contributed by atoms with Gasteiger partial charge in [0.25, 0.3) is 16.1 Å². The Morgan fingerprint density at radius 3 is 2.36 bits per heavy atom. The lowest BCUT2D eigenvalue weighted by Gasteiger charge is -2.08. The van der Waals surface area contributed by atoms with Gasteiger partial charge >= 0.3 is 5.97 Å². The Hall–Kier alpha value is -2.76. The van der Waals surface area contributed by atoms with E-state index in [1.54, 1.807) is 0 Å². The van der Waals surface area contributed by atoms with E-state index in [4.69, 9.17) is 0 Å². The zero-order valence-electron chi connectivity index (χ0n) is 11.5. The maximum atomic E-state index is 11.9. The Bertz CT molecular complexity index is 853. The van der Waals surface area contributed by atoms with Crippen LogP contribution >= 0.6 is 0 Å². The minimum Gasteiger partial charge on any atom is -0.465 e. The highest BCUT2D eigenvalue weighted by atomic mass is 32.2. The van der Waals surface area contributed by atoms with E-state index in [0.717, 1.165) is 18.8 Å². The molecule has 0 radical (unpaired) electrons. The number of nitrogens with zero attached hydrogens (tertiary/aromatic N) is 1. The van der Waals surface area contributed by atoms with Gasteiger partial charge in [-0.2, -0.15) is 8.42 Å². The summed E-state index contributed by atoms with van der Waals surface area (Å²) in [4.78, 5) is 21.7. The number of carbonyl (C=O) groups excluding carboxylic acids is 2. The zero-order valence-corrected chi connectivity index (χ0v) is 12.3. The lowest BCUT2D eigenvalue weighted by Crippen LogP contribution is -2.09. The molecule has 112 valence electrons. The maximum Gasteiger partial charge on any atom is 0.339 e. The molecule has 7 heteroatoms. The normalized spacial score (nSPS) is 10.6. The fourth-order valence-electron chi connectivity index (χ4n) is 1.93. The summed E-state index contributed by atoms with van der Waals surface area (Å²) in [6.07, 6.45) is 0.972. The highest BCUT2D eigenvalue weighted by Crippen LogP contribution is 2.26. The van der Waals surface area contributed by atoms with Crippen LogP contribution in [-0.4, -0.2) is 27.6 Å². The third-order valence-electron chi connectivity index (χ3n) is 2.93. The van der Waals surface area contributed by atoms with Crippen molar-refractivity contribution in [1.29, 1.82) is 0 Å². The predicted molar refractivity (Wildman–Crippen MR) is 78.5 cm³/mol. The molecule has 0 bridgehead atoms. The van der Waals surface area contributed by atoms with Crippen LogP contribution in [0.1, 0.15) is 10.4 Å². The quantitative estimate of drug-likeness (QED) is 0.490. The molecule has 2 aromatic rings. The van der Waals surface area contributed by atoms with Crippen molar-refractivity contribution in [3.8, 4) is 11.1 Å². The lowest BCUT2D eigenvalue weighted by atomic mass is 10.0. The third kappa shape index (κ3) is 3.11. The van der Waals surface area contributed by atoms with E-state index in [9.17, 15) is 18.0 Å². The predicted octanol–water partition coefficient (Wildman–Crippen LogP) is 2.16. The summed E-state index contributed by atoms with van der Waals surface area (Å²) in [5.74, 6) is -0.836. The van der Waals surface area contributed by atoms with Gasteiger partial charge in [-0.05, 0) is 23.3 Å². The average Bonchev–Trinajstić information content (AvgIpc) is 2.54. The molecule has 2 rings (SSSR count). The van der Waals surface area contributed by atoms with Gasteiger partial charge in [0.15, 0.2) is 0 Å². The van der Waals surface area contributed by atoms with Gasteiger partial charge in [-0.3, -0.25) is 0 Å². The number of isocyanates is 1. The second-order valence-electron chi connectivity index (χ2n) is 4.23. The standard InChI is InChI=1S/C15H11NO5S/c1-21-15(18)13-9-12(11-5-3-2-4-6-11)7-8-14(13)22(19,20)16-10-17/h2-9H,1H3. The van der Waals surface area contributed by atoms with Crippen LogP contribution in [0.3, 0.4) is 0 Å². The molecule has 2 aromatic carbocycles. The van der Waals surface area contributed by atoms with E-state index in [-0.39, 0.29) is 5.56 Å². The number of hydrogen-bond donors (Lipinski definition) is 0. The first-order chi connectivity index (χ1) is 10.5. The number of sulfonamides is 1. The molecule has 0 unspecified atom stereocenters. The first kappa shape index (κ1) is 15.6. The highest BCUT2D eigenvalue weighted by Gasteiger charge is 2.23. The van der Waals surface area contributed by atoms with Crippen LogP contribution in [0.5, 0.6) is 0 Å². The van der Waals surface area contributed by atoms with Gasteiger partial charge in [0, 0.05) is 0 Å². The van der Waals surface area contributed by atoms with Gasteiger partial charge in [0.2, 0.25) is 0 Å². The van der Waals surface area contributed by atoms with Crippen molar-refractivity contribution < 1.29 is 22.7 Å². The Morgan fingerprint density at radius 1 is 1.09 bits per heavy atom. The molecular weight excluding hydrogens is 306 g/mol. The molecule has 0 amide bonds. The largest absolute Gasteiger partial charge is 0.465 e. The molecule has 0 aliphatic heterocycles. The molecule has 0 saturated carbocycles. The van der Waals surface area contributed by atoms with Crippen LogP contribution in [0.4, 0.5) is 0 Å². The molecule has 0 fully saturated rings. The number of rotatable bonds is 4.